The van der Waals surface area contributed by atoms with Crippen molar-refractivity contribution in [3.8, 4) is 0 Å². The molecule has 0 saturated heterocycles. The Bertz CT molecular complexity index is 387. The van der Waals surface area contributed by atoms with Crippen molar-refractivity contribution >= 4 is 17.7 Å². The Balaban J connectivity index is 2.94. The van der Waals surface area contributed by atoms with E-state index < -0.39 is 23.4 Å². The molecule has 1 atom stereocenters. The molecule has 0 fully saturated rings. The summed E-state index contributed by atoms with van der Waals surface area (Å²) in [5, 5.41) is 2.81. The van der Waals surface area contributed by atoms with Gasteiger partial charge in [0.15, 0.2) is 0 Å². The molecular formula is C13H20N2O3. The summed E-state index contributed by atoms with van der Waals surface area (Å²) in [5.41, 5.74) is -0.399. The number of rotatable bonds is 3. The molecule has 5 nitrogen and oxygen atoms in total. The van der Waals surface area contributed by atoms with Gasteiger partial charge in [0.2, 0.25) is 5.91 Å². The minimum Gasteiger partial charge on any atom is -0.350 e. The SMILES string of the molecule is CC(C)[C@@H](C(=O)NC(C)(C)C)N1C(=O)C=CC1=O. The molecule has 0 aromatic rings. The van der Waals surface area contributed by atoms with E-state index in [4.69, 9.17) is 0 Å². The molecule has 0 spiro atoms. The average Bonchev–Trinajstić information content (AvgIpc) is 2.46. The smallest absolute Gasteiger partial charge is 0.254 e. The summed E-state index contributed by atoms with van der Waals surface area (Å²) in [7, 11) is 0. The van der Waals surface area contributed by atoms with Crippen LogP contribution >= 0.6 is 0 Å². The Morgan fingerprint density at radius 2 is 1.61 bits per heavy atom. The fraction of sp³-hybridized carbons (Fsp3) is 0.615. The van der Waals surface area contributed by atoms with E-state index in [9.17, 15) is 14.4 Å². The van der Waals surface area contributed by atoms with Crippen LogP contribution in [0.5, 0.6) is 0 Å². The maximum atomic E-state index is 12.2. The third-order valence-electron chi connectivity index (χ3n) is 2.52. The molecule has 0 aromatic heterocycles. The van der Waals surface area contributed by atoms with Gasteiger partial charge in [-0.2, -0.15) is 0 Å². The lowest BCUT2D eigenvalue weighted by Crippen LogP contribution is -2.55. The molecule has 0 bridgehead atoms. The number of hydrogen-bond acceptors (Lipinski definition) is 3. The van der Waals surface area contributed by atoms with Crippen molar-refractivity contribution in [1.29, 1.82) is 0 Å². The van der Waals surface area contributed by atoms with Crippen LogP contribution in [0.1, 0.15) is 34.6 Å². The Morgan fingerprint density at radius 1 is 1.17 bits per heavy atom. The van der Waals surface area contributed by atoms with Crippen molar-refractivity contribution in [3.63, 3.8) is 0 Å². The van der Waals surface area contributed by atoms with E-state index in [1.54, 1.807) is 0 Å². The standard InChI is InChI=1S/C13H20N2O3/c1-8(2)11(12(18)14-13(3,4)5)15-9(16)6-7-10(15)17/h6-8,11H,1-5H3,(H,14,18)/t11-/m0/s1. The number of carbonyl (C=O) groups excluding carboxylic acids is 3. The summed E-state index contributed by atoms with van der Waals surface area (Å²) < 4.78 is 0. The molecule has 5 heteroatoms. The number of nitrogens with zero attached hydrogens (tertiary/aromatic N) is 1. The fourth-order valence-corrected chi connectivity index (χ4v) is 1.85. The summed E-state index contributed by atoms with van der Waals surface area (Å²) in [6, 6.07) is -0.765. The maximum absolute atomic E-state index is 12.2. The molecule has 0 saturated carbocycles. The Morgan fingerprint density at radius 3 is 1.94 bits per heavy atom. The van der Waals surface area contributed by atoms with Crippen molar-refractivity contribution in [2.24, 2.45) is 5.92 Å². The summed E-state index contributed by atoms with van der Waals surface area (Å²) in [4.78, 5) is 36.5. The fourth-order valence-electron chi connectivity index (χ4n) is 1.85. The van der Waals surface area contributed by atoms with Gasteiger partial charge in [0.25, 0.3) is 11.8 Å². The number of amides is 3. The minimum atomic E-state index is -0.765. The molecule has 18 heavy (non-hydrogen) atoms. The van der Waals surface area contributed by atoms with Gasteiger partial charge in [0, 0.05) is 17.7 Å². The summed E-state index contributed by atoms with van der Waals surface area (Å²) in [6.45, 7) is 9.19. The van der Waals surface area contributed by atoms with E-state index >= 15 is 0 Å². The Labute approximate surface area is 107 Å². The van der Waals surface area contributed by atoms with Crippen LogP contribution in [0.25, 0.3) is 0 Å². The highest BCUT2D eigenvalue weighted by Gasteiger charge is 2.38. The summed E-state index contributed by atoms with van der Waals surface area (Å²) >= 11 is 0. The summed E-state index contributed by atoms with van der Waals surface area (Å²) in [6.07, 6.45) is 2.39. The van der Waals surface area contributed by atoms with Gasteiger partial charge in [-0.3, -0.25) is 19.3 Å². The number of nitrogens with one attached hydrogen (secondary N) is 1. The molecule has 1 aliphatic rings. The molecular weight excluding hydrogens is 232 g/mol. The van der Waals surface area contributed by atoms with E-state index in [-0.39, 0.29) is 11.8 Å². The van der Waals surface area contributed by atoms with Gasteiger partial charge in [-0.15, -0.1) is 0 Å². The van der Waals surface area contributed by atoms with Crippen LogP contribution in [-0.4, -0.2) is 34.2 Å². The largest absolute Gasteiger partial charge is 0.350 e. The number of hydrogen-bond donors (Lipinski definition) is 1. The molecule has 0 aliphatic carbocycles. The third kappa shape index (κ3) is 3.18. The zero-order valence-electron chi connectivity index (χ0n) is 11.5. The zero-order valence-corrected chi connectivity index (χ0v) is 11.5. The molecule has 1 N–H and O–H groups in total. The van der Waals surface area contributed by atoms with Gasteiger partial charge in [0.1, 0.15) is 6.04 Å². The monoisotopic (exact) mass is 252 g/mol. The first kappa shape index (κ1) is 14.4. The molecule has 100 valence electrons. The van der Waals surface area contributed by atoms with Crippen LogP contribution in [0.2, 0.25) is 0 Å². The second kappa shape index (κ2) is 4.92. The van der Waals surface area contributed by atoms with Crippen molar-refractivity contribution in [3.05, 3.63) is 12.2 Å². The van der Waals surface area contributed by atoms with Crippen LogP contribution in [0.15, 0.2) is 12.2 Å². The number of imide groups is 1. The molecule has 1 heterocycles. The van der Waals surface area contributed by atoms with E-state index in [2.05, 4.69) is 5.32 Å². The van der Waals surface area contributed by atoms with Gasteiger partial charge < -0.3 is 5.32 Å². The van der Waals surface area contributed by atoms with Gasteiger partial charge in [-0.1, -0.05) is 13.8 Å². The quantitative estimate of drug-likeness (QED) is 0.757. The van der Waals surface area contributed by atoms with Crippen molar-refractivity contribution in [1.82, 2.24) is 10.2 Å². The lowest BCUT2D eigenvalue weighted by atomic mass is 9.99. The first-order chi connectivity index (χ1) is 8.13. The molecule has 1 aliphatic heterocycles. The zero-order chi connectivity index (χ0) is 14.1. The van der Waals surface area contributed by atoms with Crippen LogP contribution in [-0.2, 0) is 14.4 Å². The molecule has 1 rings (SSSR count). The lowest BCUT2D eigenvalue weighted by Gasteiger charge is -2.31. The van der Waals surface area contributed by atoms with Gasteiger partial charge >= 0.3 is 0 Å². The number of carbonyl (C=O) groups is 3. The van der Waals surface area contributed by atoms with Crippen molar-refractivity contribution in [2.75, 3.05) is 0 Å². The Kier molecular flexibility index (Phi) is 3.94. The van der Waals surface area contributed by atoms with Crippen LogP contribution in [0.4, 0.5) is 0 Å². The molecule has 3 amide bonds. The Hall–Kier alpha value is -1.65. The van der Waals surface area contributed by atoms with Crippen molar-refractivity contribution < 1.29 is 14.4 Å². The maximum Gasteiger partial charge on any atom is 0.254 e. The minimum absolute atomic E-state index is 0.139. The predicted octanol–water partition coefficient (Wildman–Crippen LogP) is 0.851. The highest BCUT2D eigenvalue weighted by molar-refractivity contribution is 6.15. The van der Waals surface area contributed by atoms with Gasteiger partial charge in [-0.05, 0) is 26.7 Å². The van der Waals surface area contributed by atoms with Gasteiger partial charge in [-0.25, -0.2) is 0 Å². The predicted molar refractivity (Wildman–Crippen MR) is 67.5 cm³/mol. The molecule has 0 unspecified atom stereocenters. The van der Waals surface area contributed by atoms with Gasteiger partial charge in [0.05, 0.1) is 0 Å². The highest BCUT2D eigenvalue weighted by Crippen LogP contribution is 2.17. The topological polar surface area (TPSA) is 66.5 Å². The van der Waals surface area contributed by atoms with Crippen LogP contribution < -0.4 is 5.32 Å². The van der Waals surface area contributed by atoms with E-state index in [0.717, 1.165) is 4.90 Å². The first-order valence-electron chi connectivity index (χ1n) is 6.01. The van der Waals surface area contributed by atoms with E-state index in [1.807, 2.05) is 34.6 Å². The van der Waals surface area contributed by atoms with E-state index in [0.29, 0.717) is 0 Å². The molecule has 0 aromatic carbocycles. The third-order valence-corrected chi connectivity index (χ3v) is 2.52. The normalized spacial score (nSPS) is 17.6. The van der Waals surface area contributed by atoms with E-state index in [1.165, 1.54) is 12.2 Å². The van der Waals surface area contributed by atoms with Crippen LogP contribution in [0.3, 0.4) is 0 Å². The van der Waals surface area contributed by atoms with Crippen molar-refractivity contribution in [2.45, 2.75) is 46.2 Å². The average molecular weight is 252 g/mol. The summed E-state index contributed by atoms with van der Waals surface area (Å²) in [5.74, 6) is -1.30. The highest BCUT2D eigenvalue weighted by atomic mass is 16.2. The first-order valence-corrected chi connectivity index (χ1v) is 6.01. The second-order valence-corrected chi connectivity index (χ2v) is 5.81. The van der Waals surface area contributed by atoms with Crippen LogP contribution in [0, 0.1) is 5.92 Å². The molecule has 0 radical (unpaired) electrons. The second-order valence-electron chi connectivity index (χ2n) is 5.81. The lowest BCUT2D eigenvalue weighted by molar-refractivity contribution is -0.147.